The summed E-state index contributed by atoms with van der Waals surface area (Å²) in [7, 11) is 0. The maximum absolute atomic E-state index is 13.2. The van der Waals surface area contributed by atoms with Gasteiger partial charge in [0.2, 0.25) is 0 Å². The maximum Gasteiger partial charge on any atom is 0.255 e. The monoisotopic (exact) mass is 400 g/mol. The van der Waals surface area contributed by atoms with Gasteiger partial charge in [0.1, 0.15) is 0 Å². The van der Waals surface area contributed by atoms with Crippen molar-refractivity contribution >= 4 is 11.6 Å². The third-order valence-electron chi connectivity index (χ3n) is 5.51. The fourth-order valence-electron chi connectivity index (χ4n) is 3.67. The summed E-state index contributed by atoms with van der Waals surface area (Å²) in [4.78, 5) is 17.4. The zero-order chi connectivity index (χ0) is 21.5. The van der Waals surface area contributed by atoms with Gasteiger partial charge in [-0.25, -0.2) is 0 Å². The Bertz CT molecular complexity index is 909. The van der Waals surface area contributed by atoms with Crippen LogP contribution in [0.5, 0.6) is 0 Å². The predicted molar refractivity (Wildman–Crippen MR) is 126 cm³/mol. The van der Waals surface area contributed by atoms with Crippen LogP contribution < -0.4 is 4.90 Å². The number of rotatable bonds is 8. The van der Waals surface area contributed by atoms with Gasteiger partial charge in [-0.05, 0) is 51.0 Å². The number of carbonyl (C=O) groups is 1. The molecule has 0 spiro atoms. The second-order valence-corrected chi connectivity index (χ2v) is 7.82. The molecule has 0 saturated heterocycles. The van der Waals surface area contributed by atoms with Crippen molar-refractivity contribution in [3.63, 3.8) is 0 Å². The number of aryl methyl sites for hydroxylation is 2. The molecule has 0 aliphatic rings. The average Bonchev–Trinajstić information content (AvgIpc) is 2.77. The molecule has 1 amide bonds. The lowest BCUT2D eigenvalue weighted by Gasteiger charge is -2.29. The van der Waals surface area contributed by atoms with Gasteiger partial charge in [-0.2, -0.15) is 0 Å². The van der Waals surface area contributed by atoms with Gasteiger partial charge in [-0.3, -0.25) is 4.79 Å². The van der Waals surface area contributed by atoms with Gasteiger partial charge < -0.3 is 9.80 Å². The Balaban J connectivity index is 1.99. The fourth-order valence-corrected chi connectivity index (χ4v) is 3.67. The van der Waals surface area contributed by atoms with Crippen molar-refractivity contribution in [2.75, 3.05) is 18.0 Å². The smallest absolute Gasteiger partial charge is 0.255 e. The normalized spacial score (nSPS) is 10.7. The van der Waals surface area contributed by atoms with Gasteiger partial charge in [0.25, 0.3) is 5.91 Å². The summed E-state index contributed by atoms with van der Waals surface area (Å²) in [5.74, 6) is 0.0911. The first-order chi connectivity index (χ1) is 14.5. The van der Waals surface area contributed by atoms with E-state index in [2.05, 4.69) is 73.3 Å². The van der Waals surface area contributed by atoms with Crippen molar-refractivity contribution in [1.29, 1.82) is 0 Å². The average molecular weight is 401 g/mol. The molecule has 0 atom stereocenters. The van der Waals surface area contributed by atoms with Gasteiger partial charge in [0, 0.05) is 26.2 Å². The molecular formula is C27H32N2O. The van der Waals surface area contributed by atoms with Crippen LogP contribution in [0.1, 0.15) is 46.5 Å². The van der Waals surface area contributed by atoms with Crippen molar-refractivity contribution in [3.05, 3.63) is 101 Å². The molecule has 0 saturated carbocycles. The second kappa shape index (κ2) is 10.1. The van der Waals surface area contributed by atoms with Crippen LogP contribution in [0.4, 0.5) is 5.69 Å². The minimum atomic E-state index is 0.0911. The summed E-state index contributed by atoms with van der Waals surface area (Å²) in [5.41, 5.74) is 6.72. The number of nitrogens with zero attached hydrogens (tertiary/aromatic N) is 2. The van der Waals surface area contributed by atoms with E-state index in [-0.39, 0.29) is 5.91 Å². The van der Waals surface area contributed by atoms with Crippen LogP contribution in [0, 0.1) is 13.8 Å². The Morgan fingerprint density at radius 2 is 1.17 bits per heavy atom. The summed E-state index contributed by atoms with van der Waals surface area (Å²) >= 11 is 0. The predicted octanol–water partition coefficient (Wildman–Crippen LogP) is 5.99. The van der Waals surface area contributed by atoms with E-state index in [1.807, 2.05) is 36.9 Å². The summed E-state index contributed by atoms with van der Waals surface area (Å²) in [6.07, 6.45) is 0. The molecule has 3 rings (SSSR count). The van der Waals surface area contributed by atoms with E-state index >= 15 is 0 Å². The van der Waals surface area contributed by atoms with Crippen LogP contribution in [0.3, 0.4) is 0 Å². The zero-order valence-corrected chi connectivity index (χ0v) is 18.6. The van der Waals surface area contributed by atoms with Crippen molar-refractivity contribution in [3.8, 4) is 0 Å². The summed E-state index contributed by atoms with van der Waals surface area (Å²) in [6, 6.07) is 25.3. The minimum Gasteiger partial charge on any atom is -0.362 e. The van der Waals surface area contributed by atoms with E-state index in [1.54, 1.807) is 0 Å². The Hall–Kier alpha value is -3.07. The quantitative estimate of drug-likeness (QED) is 0.463. The van der Waals surface area contributed by atoms with Gasteiger partial charge in [-0.1, -0.05) is 71.8 Å². The molecule has 0 aliphatic heterocycles. The molecule has 3 nitrogen and oxygen atoms in total. The molecule has 0 aliphatic carbocycles. The number of benzene rings is 3. The first-order valence-electron chi connectivity index (χ1n) is 10.8. The van der Waals surface area contributed by atoms with Crippen LogP contribution in [0.15, 0.2) is 72.8 Å². The number of carbonyl (C=O) groups excluding carboxylic acids is 1. The number of para-hydroxylation sites is 1. The lowest BCUT2D eigenvalue weighted by molar-refractivity contribution is 0.0773. The van der Waals surface area contributed by atoms with Crippen LogP contribution in [0.25, 0.3) is 0 Å². The summed E-state index contributed by atoms with van der Waals surface area (Å²) in [5, 5.41) is 0. The summed E-state index contributed by atoms with van der Waals surface area (Å²) in [6.45, 7) is 11.2. The Kier molecular flexibility index (Phi) is 7.29. The highest BCUT2D eigenvalue weighted by Gasteiger charge is 2.20. The summed E-state index contributed by atoms with van der Waals surface area (Å²) < 4.78 is 0. The van der Waals surface area contributed by atoms with E-state index in [0.29, 0.717) is 13.1 Å². The molecule has 156 valence electrons. The largest absolute Gasteiger partial charge is 0.362 e. The van der Waals surface area contributed by atoms with Crippen molar-refractivity contribution in [2.24, 2.45) is 0 Å². The minimum absolute atomic E-state index is 0.0911. The molecule has 0 heterocycles. The molecule has 0 radical (unpaired) electrons. The third kappa shape index (κ3) is 5.29. The standard InChI is InChI=1S/C27H32N2O/c1-5-28(6-2)27(30)25-9-7-8-10-26(25)29(19-23-15-11-21(3)12-16-23)20-24-17-13-22(4)14-18-24/h7-18H,5-6,19-20H2,1-4H3. The fraction of sp³-hybridized carbons (Fsp3) is 0.296. The third-order valence-corrected chi connectivity index (χ3v) is 5.51. The molecule has 0 unspecified atom stereocenters. The molecular weight excluding hydrogens is 368 g/mol. The van der Waals surface area contributed by atoms with Gasteiger partial charge in [-0.15, -0.1) is 0 Å². The highest BCUT2D eigenvalue weighted by Crippen LogP contribution is 2.26. The number of anilines is 1. The number of hydrogen-bond donors (Lipinski definition) is 0. The highest BCUT2D eigenvalue weighted by atomic mass is 16.2. The van der Waals surface area contributed by atoms with E-state index in [4.69, 9.17) is 0 Å². The first-order valence-corrected chi connectivity index (χ1v) is 10.8. The van der Waals surface area contributed by atoms with Crippen molar-refractivity contribution in [1.82, 2.24) is 4.90 Å². The van der Waals surface area contributed by atoms with Crippen molar-refractivity contribution < 1.29 is 4.79 Å². The molecule has 3 aromatic carbocycles. The van der Waals surface area contributed by atoms with E-state index in [9.17, 15) is 4.79 Å². The molecule has 3 aromatic rings. The maximum atomic E-state index is 13.2. The van der Waals surface area contributed by atoms with E-state index in [1.165, 1.54) is 22.3 Å². The molecule has 0 aromatic heterocycles. The number of hydrogen-bond acceptors (Lipinski definition) is 2. The Morgan fingerprint density at radius 3 is 1.63 bits per heavy atom. The van der Waals surface area contributed by atoms with Gasteiger partial charge >= 0.3 is 0 Å². The molecule has 30 heavy (non-hydrogen) atoms. The highest BCUT2D eigenvalue weighted by molar-refractivity contribution is 5.99. The van der Waals surface area contributed by atoms with Crippen LogP contribution >= 0.6 is 0 Å². The molecule has 0 N–H and O–H groups in total. The second-order valence-electron chi connectivity index (χ2n) is 7.82. The topological polar surface area (TPSA) is 23.6 Å². The molecule has 3 heteroatoms. The number of amides is 1. The van der Waals surface area contributed by atoms with Crippen LogP contribution in [0.2, 0.25) is 0 Å². The van der Waals surface area contributed by atoms with Crippen LogP contribution in [-0.4, -0.2) is 23.9 Å². The lowest BCUT2D eigenvalue weighted by Crippen LogP contribution is -2.32. The Morgan fingerprint density at radius 1 is 0.700 bits per heavy atom. The SMILES string of the molecule is CCN(CC)C(=O)c1ccccc1N(Cc1ccc(C)cc1)Cc1ccc(C)cc1. The van der Waals surface area contributed by atoms with E-state index < -0.39 is 0 Å². The van der Waals surface area contributed by atoms with Gasteiger partial charge in [0.15, 0.2) is 0 Å². The molecule has 0 bridgehead atoms. The van der Waals surface area contributed by atoms with E-state index in [0.717, 1.165) is 24.3 Å². The first kappa shape index (κ1) is 21.6. The molecule has 0 fully saturated rings. The van der Waals surface area contributed by atoms with Crippen molar-refractivity contribution in [2.45, 2.75) is 40.8 Å². The van der Waals surface area contributed by atoms with Crippen LogP contribution in [-0.2, 0) is 13.1 Å². The Labute approximate surface area is 181 Å². The lowest BCUT2D eigenvalue weighted by atomic mass is 10.1. The zero-order valence-electron chi connectivity index (χ0n) is 18.6. The van der Waals surface area contributed by atoms with Gasteiger partial charge in [0.05, 0.1) is 11.3 Å².